The lowest BCUT2D eigenvalue weighted by Gasteiger charge is -2.05. The van der Waals surface area contributed by atoms with Gasteiger partial charge >= 0.3 is 5.97 Å². The molecule has 0 unspecified atom stereocenters. The van der Waals surface area contributed by atoms with Crippen LogP contribution in [0.3, 0.4) is 0 Å². The predicted octanol–water partition coefficient (Wildman–Crippen LogP) is 4.91. The van der Waals surface area contributed by atoms with Gasteiger partial charge < -0.3 is 9.84 Å². The normalized spacial score (nSPS) is 12.5. The Labute approximate surface area is 164 Å². The van der Waals surface area contributed by atoms with Crippen molar-refractivity contribution in [1.29, 1.82) is 0 Å². The van der Waals surface area contributed by atoms with Gasteiger partial charge in [0, 0.05) is 0 Å². The zero-order valence-corrected chi connectivity index (χ0v) is 15.6. The molecule has 2 rings (SSSR count). The van der Waals surface area contributed by atoms with E-state index in [4.69, 9.17) is 4.74 Å². The molecule has 1 N–H and O–H groups in total. The average Bonchev–Trinajstić information content (AvgIpc) is 2.71. The maximum atomic E-state index is 12.5. The Morgan fingerprint density at radius 3 is 2.00 bits per heavy atom. The summed E-state index contributed by atoms with van der Waals surface area (Å²) in [6.45, 7) is 1.73. The van der Waals surface area contributed by atoms with Crippen molar-refractivity contribution in [2.45, 2.75) is 6.92 Å². The molecule has 0 aromatic heterocycles. The van der Waals surface area contributed by atoms with E-state index in [-0.39, 0.29) is 6.61 Å². The van der Waals surface area contributed by atoms with Crippen molar-refractivity contribution in [3.63, 3.8) is 0 Å². The van der Waals surface area contributed by atoms with Crippen molar-refractivity contribution in [2.24, 2.45) is 0 Å². The number of carbonyl (C=O) groups is 2. The molecule has 2 aromatic carbocycles. The number of rotatable bonds is 8. The lowest BCUT2D eigenvalue weighted by Crippen LogP contribution is -2.16. The van der Waals surface area contributed by atoms with Crippen LogP contribution in [0.2, 0.25) is 0 Å². The van der Waals surface area contributed by atoms with Gasteiger partial charge in [-0.1, -0.05) is 85.0 Å². The third kappa shape index (κ3) is 6.57. The van der Waals surface area contributed by atoms with Gasteiger partial charge in [-0.05, 0) is 30.2 Å². The number of aliphatic hydroxyl groups is 1. The van der Waals surface area contributed by atoms with E-state index in [1.54, 1.807) is 19.1 Å². The molecule has 142 valence electrons. The largest absolute Gasteiger partial charge is 0.507 e. The van der Waals surface area contributed by atoms with Crippen LogP contribution in [0.5, 0.6) is 0 Å². The molecule has 2 aromatic rings. The minimum absolute atomic E-state index is 0.100. The Morgan fingerprint density at radius 1 is 0.857 bits per heavy atom. The van der Waals surface area contributed by atoms with Crippen molar-refractivity contribution in [3.05, 3.63) is 107 Å². The number of ether oxygens (including phenoxy) is 1. The smallest absolute Gasteiger partial charge is 0.345 e. The Kier molecular flexibility index (Phi) is 8.21. The fourth-order valence-electron chi connectivity index (χ4n) is 2.31. The molecule has 0 heterocycles. The fraction of sp³-hybridized carbons (Fsp3) is 0.0833. The maximum absolute atomic E-state index is 12.5. The van der Waals surface area contributed by atoms with Gasteiger partial charge in [0.1, 0.15) is 11.3 Å². The molecule has 28 heavy (non-hydrogen) atoms. The first-order chi connectivity index (χ1) is 13.6. The lowest BCUT2D eigenvalue weighted by atomic mass is 10.1. The van der Waals surface area contributed by atoms with Gasteiger partial charge in [0.05, 0.1) is 6.61 Å². The number of allylic oxidation sites excluding steroid dienone is 4. The summed E-state index contributed by atoms with van der Waals surface area (Å²) in [6, 6.07) is 18.8. The number of esters is 1. The van der Waals surface area contributed by atoms with Gasteiger partial charge in [-0.3, -0.25) is 4.79 Å². The summed E-state index contributed by atoms with van der Waals surface area (Å²) < 4.78 is 4.91. The standard InChI is InChI=1S/C24H22O4/c1-2-28-24(27)23(22(26)18-17-20-13-7-4-8-14-20)21(25)16-10-9-15-19-11-5-3-6-12-19/h3-18,26H,2H2,1H3/b15-9+,16-10+,18-17+,23-22+. The van der Waals surface area contributed by atoms with Crippen LogP contribution in [0.1, 0.15) is 18.1 Å². The molecular formula is C24H22O4. The molecule has 4 heteroatoms. The summed E-state index contributed by atoms with van der Waals surface area (Å²) >= 11 is 0. The molecule has 0 atom stereocenters. The van der Waals surface area contributed by atoms with Crippen LogP contribution in [-0.4, -0.2) is 23.5 Å². The van der Waals surface area contributed by atoms with Crippen LogP contribution in [0.4, 0.5) is 0 Å². The van der Waals surface area contributed by atoms with Crippen LogP contribution in [0.15, 0.2) is 96.3 Å². The number of aliphatic hydroxyl groups excluding tert-OH is 1. The third-order valence-corrected chi connectivity index (χ3v) is 3.66. The number of benzene rings is 2. The average molecular weight is 374 g/mol. The van der Waals surface area contributed by atoms with E-state index < -0.39 is 23.1 Å². The summed E-state index contributed by atoms with van der Waals surface area (Å²) in [7, 11) is 0. The van der Waals surface area contributed by atoms with Crippen LogP contribution in [0, 0.1) is 0 Å². The quantitative estimate of drug-likeness (QED) is 0.178. The predicted molar refractivity (Wildman–Crippen MR) is 111 cm³/mol. The van der Waals surface area contributed by atoms with Gasteiger partial charge in [-0.2, -0.15) is 0 Å². The highest BCUT2D eigenvalue weighted by Crippen LogP contribution is 2.12. The molecule has 0 spiro atoms. The highest BCUT2D eigenvalue weighted by Gasteiger charge is 2.21. The van der Waals surface area contributed by atoms with Crippen molar-refractivity contribution >= 4 is 23.9 Å². The van der Waals surface area contributed by atoms with Crippen LogP contribution in [-0.2, 0) is 14.3 Å². The maximum Gasteiger partial charge on any atom is 0.345 e. The van der Waals surface area contributed by atoms with Gasteiger partial charge in [0.2, 0.25) is 0 Å². The van der Waals surface area contributed by atoms with E-state index >= 15 is 0 Å². The summed E-state index contributed by atoms with van der Waals surface area (Å²) in [5.41, 5.74) is 1.40. The van der Waals surface area contributed by atoms with Crippen molar-refractivity contribution in [3.8, 4) is 0 Å². The van der Waals surface area contributed by atoms with Gasteiger partial charge in [0.25, 0.3) is 0 Å². The highest BCUT2D eigenvalue weighted by molar-refractivity contribution is 6.22. The zero-order valence-electron chi connectivity index (χ0n) is 15.6. The number of carbonyl (C=O) groups excluding carboxylic acids is 2. The molecule has 0 aliphatic rings. The second-order valence-corrected chi connectivity index (χ2v) is 5.72. The molecule has 0 fully saturated rings. The molecule has 0 aliphatic heterocycles. The monoisotopic (exact) mass is 374 g/mol. The van der Waals surface area contributed by atoms with E-state index in [0.717, 1.165) is 11.1 Å². The van der Waals surface area contributed by atoms with E-state index in [0.29, 0.717) is 0 Å². The minimum atomic E-state index is -0.862. The molecule has 0 radical (unpaired) electrons. The van der Waals surface area contributed by atoms with Crippen molar-refractivity contribution in [2.75, 3.05) is 6.61 Å². The van der Waals surface area contributed by atoms with Crippen LogP contribution >= 0.6 is 0 Å². The van der Waals surface area contributed by atoms with E-state index in [1.807, 2.05) is 66.7 Å². The molecule has 0 amide bonds. The molecular weight excluding hydrogens is 352 g/mol. The number of hydrogen-bond donors (Lipinski definition) is 1. The second kappa shape index (κ2) is 11.1. The second-order valence-electron chi connectivity index (χ2n) is 5.72. The first kappa shape index (κ1) is 20.6. The lowest BCUT2D eigenvalue weighted by molar-refractivity contribution is -0.139. The fourth-order valence-corrected chi connectivity index (χ4v) is 2.31. The van der Waals surface area contributed by atoms with Gasteiger partial charge in [-0.25, -0.2) is 4.79 Å². The topological polar surface area (TPSA) is 63.6 Å². The summed E-state index contributed by atoms with van der Waals surface area (Å²) in [4.78, 5) is 24.6. The van der Waals surface area contributed by atoms with Crippen molar-refractivity contribution in [1.82, 2.24) is 0 Å². The van der Waals surface area contributed by atoms with E-state index in [2.05, 4.69) is 0 Å². The Bertz CT molecular complexity index is 904. The summed E-state index contributed by atoms with van der Waals surface area (Å²) in [5, 5.41) is 10.3. The van der Waals surface area contributed by atoms with Gasteiger partial charge in [0.15, 0.2) is 5.78 Å². The van der Waals surface area contributed by atoms with Crippen molar-refractivity contribution < 1.29 is 19.4 Å². The van der Waals surface area contributed by atoms with Crippen LogP contribution in [0.25, 0.3) is 12.2 Å². The number of ketones is 1. The molecule has 0 saturated heterocycles. The number of hydrogen-bond acceptors (Lipinski definition) is 4. The summed E-state index contributed by atoms with van der Waals surface area (Å²) in [6.07, 6.45) is 9.18. The minimum Gasteiger partial charge on any atom is -0.507 e. The Morgan fingerprint density at radius 2 is 1.43 bits per heavy atom. The SMILES string of the molecule is CCOC(=O)/C(C(=O)/C=C/C=C/c1ccccc1)=C(O)\C=C\c1ccccc1. The molecule has 4 nitrogen and oxygen atoms in total. The van der Waals surface area contributed by atoms with E-state index in [1.165, 1.54) is 18.2 Å². The molecule has 0 saturated carbocycles. The molecule has 0 bridgehead atoms. The Hall–Kier alpha value is -3.66. The molecule has 0 aliphatic carbocycles. The van der Waals surface area contributed by atoms with Crippen LogP contribution < -0.4 is 0 Å². The third-order valence-electron chi connectivity index (χ3n) is 3.66. The Balaban J connectivity index is 2.20. The zero-order chi connectivity index (χ0) is 20.2. The van der Waals surface area contributed by atoms with E-state index in [9.17, 15) is 14.7 Å². The van der Waals surface area contributed by atoms with Gasteiger partial charge in [-0.15, -0.1) is 0 Å². The summed E-state index contributed by atoms with van der Waals surface area (Å²) in [5.74, 6) is -1.94. The first-order valence-electron chi connectivity index (χ1n) is 8.89. The highest BCUT2D eigenvalue weighted by atomic mass is 16.5. The first-order valence-corrected chi connectivity index (χ1v) is 8.89.